The summed E-state index contributed by atoms with van der Waals surface area (Å²) in [5.74, 6) is 0.918. The van der Waals surface area contributed by atoms with Crippen LogP contribution in [0.2, 0.25) is 0 Å². The monoisotopic (exact) mass is 329 g/mol. The molecule has 2 heterocycles. The molecule has 2 aromatic heterocycles. The van der Waals surface area contributed by atoms with Gasteiger partial charge in [-0.15, -0.1) is 11.3 Å². The van der Waals surface area contributed by atoms with Crippen molar-refractivity contribution in [2.75, 3.05) is 6.54 Å². The third-order valence-electron chi connectivity index (χ3n) is 4.24. The summed E-state index contributed by atoms with van der Waals surface area (Å²) in [6.45, 7) is 5.14. The van der Waals surface area contributed by atoms with Crippen LogP contribution in [-0.2, 0) is 17.6 Å². The molecule has 0 spiro atoms. The van der Waals surface area contributed by atoms with Crippen molar-refractivity contribution in [1.82, 2.24) is 15.3 Å². The van der Waals surface area contributed by atoms with Crippen LogP contribution in [0.4, 0.5) is 0 Å². The molecule has 0 aliphatic heterocycles. The van der Waals surface area contributed by atoms with E-state index in [9.17, 15) is 4.79 Å². The van der Waals surface area contributed by atoms with E-state index in [0.717, 1.165) is 42.8 Å². The van der Waals surface area contributed by atoms with Gasteiger partial charge in [0.25, 0.3) is 0 Å². The van der Waals surface area contributed by atoms with Crippen molar-refractivity contribution in [3.63, 3.8) is 0 Å². The fourth-order valence-corrected chi connectivity index (χ4v) is 4.02. The number of pyridine rings is 1. The first kappa shape index (κ1) is 16.1. The Hall–Kier alpha value is -1.75. The fourth-order valence-electron chi connectivity index (χ4n) is 2.84. The van der Waals surface area contributed by atoms with Crippen LogP contribution < -0.4 is 5.32 Å². The second kappa shape index (κ2) is 7.21. The van der Waals surface area contributed by atoms with E-state index in [0.29, 0.717) is 5.92 Å². The van der Waals surface area contributed by atoms with Gasteiger partial charge in [0, 0.05) is 35.3 Å². The fraction of sp³-hybridized carbons (Fsp3) is 0.500. The highest BCUT2D eigenvalue weighted by molar-refractivity contribution is 7.15. The first-order valence-electron chi connectivity index (χ1n) is 8.30. The van der Waals surface area contributed by atoms with E-state index in [1.165, 1.54) is 10.6 Å². The Morgan fingerprint density at radius 3 is 3.09 bits per heavy atom. The van der Waals surface area contributed by atoms with Crippen LogP contribution in [-0.4, -0.2) is 22.4 Å². The van der Waals surface area contributed by atoms with Gasteiger partial charge in [0.05, 0.1) is 5.69 Å². The number of hydrogen-bond donors (Lipinski definition) is 1. The SMILES string of the molecule is CC(C)CCNC(=O)C1CCc2nc(-c3cccnc3)sc2C1. The van der Waals surface area contributed by atoms with E-state index >= 15 is 0 Å². The topological polar surface area (TPSA) is 54.9 Å². The van der Waals surface area contributed by atoms with Crippen LogP contribution in [0.25, 0.3) is 10.6 Å². The van der Waals surface area contributed by atoms with Crippen molar-refractivity contribution < 1.29 is 4.79 Å². The molecule has 122 valence electrons. The molecule has 5 heteroatoms. The summed E-state index contributed by atoms with van der Waals surface area (Å²) in [6.07, 6.45) is 7.27. The van der Waals surface area contributed by atoms with Gasteiger partial charge >= 0.3 is 0 Å². The smallest absolute Gasteiger partial charge is 0.223 e. The van der Waals surface area contributed by atoms with Gasteiger partial charge in [0.2, 0.25) is 5.91 Å². The Kier molecular flexibility index (Phi) is 5.06. The first-order chi connectivity index (χ1) is 11.1. The molecule has 0 radical (unpaired) electrons. The number of carbonyl (C=O) groups excluding carboxylic acids is 1. The van der Waals surface area contributed by atoms with Crippen molar-refractivity contribution >= 4 is 17.2 Å². The molecule has 0 aromatic carbocycles. The van der Waals surface area contributed by atoms with Crippen LogP contribution >= 0.6 is 11.3 Å². The lowest BCUT2D eigenvalue weighted by Gasteiger charge is -2.20. The predicted molar refractivity (Wildman–Crippen MR) is 93.3 cm³/mol. The van der Waals surface area contributed by atoms with Crippen molar-refractivity contribution in [3.05, 3.63) is 35.1 Å². The maximum absolute atomic E-state index is 12.3. The number of amides is 1. The van der Waals surface area contributed by atoms with Gasteiger partial charge in [-0.25, -0.2) is 4.98 Å². The van der Waals surface area contributed by atoms with E-state index in [-0.39, 0.29) is 11.8 Å². The van der Waals surface area contributed by atoms with Crippen LogP contribution in [0.15, 0.2) is 24.5 Å². The lowest BCUT2D eigenvalue weighted by molar-refractivity contribution is -0.125. The number of nitrogens with one attached hydrogen (secondary N) is 1. The lowest BCUT2D eigenvalue weighted by atomic mass is 9.90. The van der Waals surface area contributed by atoms with Crippen LogP contribution in [0, 0.1) is 11.8 Å². The Morgan fingerprint density at radius 2 is 2.35 bits per heavy atom. The molecular weight excluding hydrogens is 306 g/mol. The molecule has 2 aromatic rings. The number of hydrogen-bond acceptors (Lipinski definition) is 4. The van der Waals surface area contributed by atoms with E-state index in [1.54, 1.807) is 17.5 Å². The number of aromatic nitrogens is 2. The zero-order valence-corrected chi connectivity index (χ0v) is 14.5. The average molecular weight is 329 g/mol. The van der Waals surface area contributed by atoms with E-state index in [4.69, 9.17) is 4.98 Å². The average Bonchev–Trinajstić information content (AvgIpc) is 2.98. The highest BCUT2D eigenvalue weighted by atomic mass is 32.1. The molecule has 23 heavy (non-hydrogen) atoms. The number of aryl methyl sites for hydroxylation is 1. The molecule has 0 saturated carbocycles. The minimum atomic E-state index is 0.0943. The molecule has 1 amide bonds. The highest BCUT2D eigenvalue weighted by Gasteiger charge is 2.27. The molecule has 1 N–H and O–H groups in total. The summed E-state index contributed by atoms with van der Waals surface area (Å²) in [7, 11) is 0. The predicted octanol–water partition coefficient (Wildman–Crippen LogP) is 3.47. The molecular formula is C18H23N3OS. The van der Waals surface area contributed by atoms with Crippen LogP contribution in [0.3, 0.4) is 0 Å². The number of fused-ring (bicyclic) bond motifs is 1. The first-order valence-corrected chi connectivity index (χ1v) is 9.12. The summed E-state index contributed by atoms with van der Waals surface area (Å²) < 4.78 is 0. The van der Waals surface area contributed by atoms with Crippen molar-refractivity contribution in [1.29, 1.82) is 0 Å². The Labute approximate surface area is 141 Å². The Bertz CT molecular complexity index is 666. The second-order valence-corrected chi connectivity index (χ2v) is 7.63. The summed E-state index contributed by atoms with van der Waals surface area (Å²) in [5, 5.41) is 4.11. The lowest BCUT2D eigenvalue weighted by Crippen LogP contribution is -2.34. The minimum Gasteiger partial charge on any atom is -0.356 e. The number of nitrogens with zero attached hydrogens (tertiary/aromatic N) is 2. The van der Waals surface area contributed by atoms with Crippen molar-refractivity contribution in [2.45, 2.75) is 39.5 Å². The van der Waals surface area contributed by atoms with Gasteiger partial charge in [0.1, 0.15) is 5.01 Å². The van der Waals surface area contributed by atoms with Gasteiger partial charge in [-0.2, -0.15) is 0 Å². The molecule has 1 atom stereocenters. The number of rotatable bonds is 5. The molecule has 0 saturated heterocycles. The van der Waals surface area contributed by atoms with E-state index in [2.05, 4.69) is 24.1 Å². The second-order valence-electron chi connectivity index (χ2n) is 6.54. The standard InChI is InChI=1S/C18H23N3OS/c1-12(2)7-9-20-17(22)13-5-6-15-16(10-13)23-18(21-15)14-4-3-8-19-11-14/h3-4,8,11-13H,5-7,9-10H2,1-2H3,(H,20,22). The van der Waals surface area contributed by atoms with Crippen molar-refractivity contribution in [2.24, 2.45) is 11.8 Å². The minimum absolute atomic E-state index is 0.0943. The quantitative estimate of drug-likeness (QED) is 0.914. The zero-order chi connectivity index (χ0) is 16.2. The van der Waals surface area contributed by atoms with Gasteiger partial charge in [-0.3, -0.25) is 9.78 Å². The van der Waals surface area contributed by atoms with Gasteiger partial charge in [0.15, 0.2) is 0 Å². The third-order valence-corrected chi connectivity index (χ3v) is 5.41. The van der Waals surface area contributed by atoms with E-state index in [1.807, 2.05) is 18.3 Å². The summed E-state index contributed by atoms with van der Waals surface area (Å²) in [4.78, 5) is 22.5. The maximum Gasteiger partial charge on any atom is 0.223 e. The van der Waals surface area contributed by atoms with Gasteiger partial charge in [-0.1, -0.05) is 13.8 Å². The molecule has 0 bridgehead atoms. The molecule has 0 fully saturated rings. The summed E-state index contributed by atoms with van der Waals surface area (Å²) >= 11 is 1.71. The molecule has 3 rings (SSSR count). The molecule has 1 unspecified atom stereocenters. The number of thiazole rings is 1. The van der Waals surface area contributed by atoms with Gasteiger partial charge in [-0.05, 0) is 43.7 Å². The molecule has 1 aliphatic rings. The Morgan fingerprint density at radius 1 is 1.48 bits per heavy atom. The van der Waals surface area contributed by atoms with Crippen LogP contribution in [0.1, 0.15) is 37.3 Å². The normalized spacial score (nSPS) is 17.1. The van der Waals surface area contributed by atoms with Crippen molar-refractivity contribution in [3.8, 4) is 10.6 Å². The highest BCUT2D eigenvalue weighted by Crippen LogP contribution is 2.34. The third kappa shape index (κ3) is 3.96. The largest absolute Gasteiger partial charge is 0.356 e. The Balaban J connectivity index is 1.64. The van der Waals surface area contributed by atoms with Gasteiger partial charge < -0.3 is 5.32 Å². The molecule has 4 nitrogen and oxygen atoms in total. The van der Waals surface area contributed by atoms with Crippen LogP contribution in [0.5, 0.6) is 0 Å². The summed E-state index contributed by atoms with van der Waals surface area (Å²) in [6, 6.07) is 3.97. The van der Waals surface area contributed by atoms with E-state index < -0.39 is 0 Å². The number of carbonyl (C=O) groups is 1. The zero-order valence-electron chi connectivity index (χ0n) is 13.7. The summed E-state index contributed by atoms with van der Waals surface area (Å²) in [5.41, 5.74) is 2.23. The maximum atomic E-state index is 12.3. The molecule has 1 aliphatic carbocycles.